The van der Waals surface area contributed by atoms with E-state index in [9.17, 15) is 13.6 Å². The van der Waals surface area contributed by atoms with Gasteiger partial charge in [0, 0.05) is 6.20 Å². The maximum absolute atomic E-state index is 12.4. The van der Waals surface area contributed by atoms with Crippen LogP contribution in [0.25, 0.3) is 0 Å². The van der Waals surface area contributed by atoms with E-state index in [4.69, 9.17) is 9.84 Å². The number of methoxy groups -OCH3 is 1. The third-order valence-electron chi connectivity index (χ3n) is 1.66. The molecule has 1 N–H and O–H groups in total. The van der Waals surface area contributed by atoms with Crippen LogP contribution in [-0.4, -0.2) is 23.2 Å². The standard InChI is InChI=1S/C8H6BrF2NO3/c1-15-7-5(9)4(8(13)14)3(2-12-7)6(10)11/h2,6H,1H3,(H,13,14). The second kappa shape index (κ2) is 4.52. The molecule has 0 spiro atoms. The summed E-state index contributed by atoms with van der Waals surface area (Å²) in [6, 6.07) is 0. The van der Waals surface area contributed by atoms with Crippen LogP contribution in [-0.2, 0) is 0 Å². The normalized spacial score (nSPS) is 10.5. The SMILES string of the molecule is COc1ncc(C(F)F)c(C(=O)O)c1Br. The molecule has 0 saturated heterocycles. The van der Waals surface area contributed by atoms with Crippen molar-refractivity contribution in [2.24, 2.45) is 0 Å². The number of pyridine rings is 1. The number of nitrogens with zero attached hydrogens (tertiary/aromatic N) is 1. The third-order valence-corrected chi connectivity index (χ3v) is 2.39. The van der Waals surface area contributed by atoms with Crippen LogP contribution in [0.3, 0.4) is 0 Å². The molecule has 7 heteroatoms. The van der Waals surface area contributed by atoms with E-state index in [1.165, 1.54) is 7.11 Å². The highest BCUT2D eigenvalue weighted by Gasteiger charge is 2.24. The molecule has 1 aromatic heterocycles. The molecule has 0 unspecified atom stereocenters. The van der Waals surface area contributed by atoms with Gasteiger partial charge in [0.1, 0.15) is 0 Å². The number of hydrogen-bond acceptors (Lipinski definition) is 3. The highest BCUT2D eigenvalue weighted by molar-refractivity contribution is 9.10. The number of alkyl halides is 2. The first kappa shape index (κ1) is 11.8. The molecular weight excluding hydrogens is 276 g/mol. The maximum Gasteiger partial charge on any atom is 0.337 e. The number of ether oxygens (including phenoxy) is 1. The minimum atomic E-state index is -2.90. The molecular formula is C8H6BrF2NO3. The first-order valence-electron chi connectivity index (χ1n) is 3.72. The van der Waals surface area contributed by atoms with Crippen LogP contribution >= 0.6 is 15.9 Å². The summed E-state index contributed by atoms with van der Waals surface area (Å²) >= 11 is 2.86. The summed E-state index contributed by atoms with van der Waals surface area (Å²) in [4.78, 5) is 14.3. The number of aromatic nitrogens is 1. The molecule has 1 aromatic rings. The van der Waals surface area contributed by atoms with Gasteiger partial charge in [-0.25, -0.2) is 18.6 Å². The van der Waals surface area contributed by atoms with Crippen molar-refractivity contribution in [2.75, 3.05) is 7.11 Å². The molecule has 0 amide bonds. The number of aromatic carboxylic acids is 1. The Morgan fingerprint density at radius 3 is 2.67 bits per heavy atom. The van der Waals surface area contributed by atoms with Gasteiger partial charge >= 0.3 is 5.97 Å². The highest BCUT2D eigenvalue weighted by atomic mass is 79.9. The molecule has 0 aliphatic heterocycles. The highest BCUT2D eigenvalue weighted by Crippen LogP contribution is 2.33. The molecule has 1 rings (SSSR count). The summed E-state index contributed by atoms with van der Waals surface area (Å²) in [5.74, 6) is -1.50. The van der Waals surface area contributed by atoms with Crippen molar-refractivity contribution in [1.82, 2.24) is 4.98 Å². The summed E-state index contributed by atoms with van der Waals surface area (Å²) in [5, 5.41) is 8.77. The quantitative estimate of drug-likeness (QED) is 0.925. The molecule has 15 heavy (non-hydrogen) atoms. The molecule has 4 nitrogen and oxygen atoms in total. The zero-order chi connectivity index (χ0) is 11.6. The van der Waals surface area contributed by atoms with Gasteiger partial charge < -0.3 is 9.84 Å². The Kier molecular flexibility index (Phi) is 3.57. The van der Waals surface area contributed by atoms with Crippen LogP contribution in [0.4, 0.5) is 8.78 Å². The van der Waals surface area contributed by atoms with E-state index in [0.717, 1.165) is 6.20 Å². The van der Waals surface area contributed by atoms with Crippen LogP contribution in [0.15, 0.2) is 10.7 Å². The lowest BCUT2D eigenvalue weighted by atomic mass is 10.1. The van der Waals surface area contributed by atoms with Gasteiger partial charge in [-0.1, -0.05) is 0 Å². The molecule has 0 aromatic carbocycles. The fraction of sp³-hybridized carbons (Fsp3) is 0.250. The summed E-state index contributed by atoms with van der Waals surface area (Å²) in [7, 11) is 1.26. The molecule has 0 fully saturated rings. The Labute approximate surface area is 92.0 Å². The van der Waals surface area contributed by atoms with Crippen LogP contribution in [0, 0.1) is 0 Å². The zero-order valence-corrected chi connectivity index (χ0v) is 9.09. The van der Waals surface area contributed by atoms with E-state index in [0.29, 0.717) is 0 Å². The van der Waals surface area contributed by atoms with Crippen LogP contribution in [0.5, 0.6) is 5.88 Å². The zero-order valence-electron chi connectivity index (χ0n) is 7.50. The number of hydrogen-bond donors (Lipinski definition) is 1. The second-order valence-corrected chi connectivity index (χ2v) is 3.31. The number of carbonyl (C=O) groups is 1. The Balaban J connectivity index is 3.44. The molecule has 82 valence electrons. The van der Waals surface area contributed by atoms with Crippen molar-refractivity contribution in [1.29, 1.82) is 0 Å². The molecule has 0 atom stereocenters. The third kappa shape index (κ3) is 2.23. The van der Waals surface area contributed by atoms with Crippen molar-refractivity contribution < 1.29 is 23.4 Å². The predicted molar refractivity (Wildman–Crippen MR) is 50.4 cm³/mol. The van der Waals surface area contributed by atoms with Gasteiger partial charge in [0.05, 0.1) is 22.7 Å². The first-order chi connectivity index (χ1) is 6.99. The summed E-state index contributed by atoms with van der Waals surface area (Å²) in [6.45, 7) is 0. The molecule has 0 aliphatic carbocycles. The van der Waals surface area contributed by atoms with Crippen LogP contribution in [0.2, 0.25) is 0 Å². The minimum Gasteiger partial charge on any atom is -0.480 e. The average Bonchev–Trinajstić information content (AvgIpc) is 2.16. The fourth-order valence-corrected chi connectivity index (χ4v) is 1.67. The Morgan fingerprint density at radius 1 is 1.67 bits per heavy atom. The Hall–Kier alpha value is -1.24. The topological polar surface area (TPSA) is 59.4 Å². The largest absolute Gasteiger partial charge is 0.480 e. The lowest BCUT2D eigenvalue weighted by Crippen LogP contribution is -2.06. The van der Waals surface area contributed by atoms with Gasteiger partial charge in [0.25, 0.3) is 6.43 Å². The lowest BCUT2D eigenvalue weighted by Gasteiger charge is -2.09. The van der Waals surface area contributed by atoms with Crippen LogP contribution < -0.4 is 4.74 Å². The van der Waals surface area contributed by atoms with Gasteiger partial charge in [-0.3, -0.25) is 0 Å². The maximum atomic E-state index is 12.4. The van der Waals surface area contributed by atoms with Gasteiger partial charge in [-0.2, -0.15) is 0 Å². The molecule has 0 radical (unpaired) electrons. The molecule has 1 heterocycles. The molecule has 0 aliphatic rings. The minimum absolute atomic E-state index is 0.0446. The van der Waals surface area contributed by atoms with Crippen molar-refractivity contribution in [3.63, 3.8) is 0 Å². The summed E-state index contributed by atoms with van der Waals surface area (Å²) in [5.41, 5.74) is -1.17. The lowest BCUT2D eigenvalue weighted by molar-refractivity contribution is 0.0682. The van der Waals surface area contributed by atoms with E-state index in [-0.39, 0.29) is 10.4 Å². The van der Waals surface area contributed by atoms with Crippen molar-refractivity contribution in [3.05, 3.63) is 21.8 Å². The summed E-state index contributed by atoms with van der Waals surface area (Å²) in [6.07, 6.45) is -2.11. The monoisotopic (exact) mass is 281 g/mol. The Bertz CT molecular complexity index is 398. The van der Waals surface area contributed by atoms with E-state index >= 15 is 0 Å². The van der Waals surface area contributed by atoms with Gasteiger partial charge in [0.15, 0.2) is 0 Å². The number of rotatable bonds is 3. The van der Waals surface area contributed by atoms with Gasteiger partial charge in [-0.15, -0.1) is 0 Å². The van der Waals surface area contributed by atoms with Gasteiger partial charge in [-0.05, 0) is 15.9 Å². The van der Waals surface area contributed by atoms with E-state index in [2.05, 4.69) is 20.9 Å². The van der Waals surface area contributed by atoms with E-state index in [1.807, 2.05) is 0 Å². The van der Waals surface area contributed by atoms with Crippen molar-refractivity contribution >= 4 is 21.9 Å². The van der Waals surface area contributed by atoms with Crippen molar-refractivity contribution in [2.45, 2.75) is 6.43 Å². The van der Waals surface area contributed by atoms with Crippen LogP contribution in [0.1, 0.15) is 22.3 Å². The fourth-order valence-electron chi connectivity index (χ4n) is 1.01. The first-order valence-corrected chi connectivity index (χ1v) is 4.52. The van der Waals surface area contributed by atoms with E-state index < -0.39 is 23.5 Å². The number of halogens is 3. The molecule has 0 saturated carbocycles. The van der Waals surface area contributed by atoms with Gasteiger partial charge in [0.2, 0.25) is 5.88 Å². The number of carboxylic acids is 1. The summed E-state index contributed by atoms with van der Waals surface area (Å²) < 4.78 is 29.5. The molecule has 0 bridgehead atoms. The predicted octanol–water partition coefficient (Wildman–Crippen LogP) is 2.49. The number of carboxylic acid groups (broad SMARTS) is 1. The van der Waals surface area contributed by atoms with Crippen molar-refractivity contribution in [3.8, 4) is 5.88 Å². The Morgan fingerprint density at radius 2 is 2.27 bits per heavy atom. The van der Waals surface area contributed by atoms with E-state index in [1.54, 1.807) is 0 Å². The smallest absolute Gasteiger partial charge is 0.337 e. The average molecular weight is 282 g/mol. The second-order valence-electron chi connectivity index (χ2n) is 2.52.